The summed E-state index contributed by atoms with van der Waals surface area (Å²) in [6.07, 6.45) is -7.49. The SMILES string of the molecule is CCCN(CCCCCC(=O)OCC)S(=O)(=O)C(F)(F)C(F)(F)C(F)(F)C(F)(F)F. The number of carbonyl (C=O) groups excluding carboxylic acids is 1. The van der Waals surface area contributed by atoms with E-state index in [0.717, 1.165) is 0 Å². The van der Waals surface area contributed by atoms with E-state index < -0.39 is 52.4 Å². The fourth-order valence-electron chi connectivity index (χ4n) is 2.25. The second-order valence-electron chi connectivity index (χ2n) is 6.18. The van der Waals surface area contributed by atoms with Gasteiger partial charge in [0.25, 0.3) is 10.0 Å². The second-order valence-corrected chi connectivity index (χ2v) is 8.16. The molecule has 0 aliphatic heterocycles. The van der Waals surface area contributed by atoms with Crippen molar-refractivity contribution in [1.29, 1.82) is 0 Å². The first-order chi connectivity index (χ1) is 13.4. The molecule has 0 spiro atoms. The van der Waals surface area contributed by atoms with Crippen LogP contribution >= 0.6 is 0 Å². The van der Waals surface area contributed by atoms with Crippen LogP contribution in [0.5, 0.6) is 0 Å². The van der Waals surface area contributed by atoms with Gasteiger partial charge in [-0.2, -0.15) is 43.8 Å². The van der Waals surface area contributed by atoms with Gasteiger partial charge in [-0.3, -0.25) is 4.79 Å². The molecule has 0 aliphatic rings. The number of rotatable bonds is 13. The number of hydrogen-bond acceptors (Lipinski definition) is 4. The largest absolute Gasteiger partial charge is 0.466 e. The Bertz CT molecular complexity index is 666. The van der Waals surface area contributed by atoms with Gasteiger partial charge >= 0.3 is 29.2 Å². The molecule has 180 valence electrons. The number of unbranched alkanes of at least 4 members (excludes halogenated alkanes) is 2. The fourth-order valence-corrected chi connectivity index (χ4v) is 3.82. The Morgan fingerprint density at radius 3 is 1.80 bits per heavy atom. The lowest BCUT2D eigenvalue weighted by Gasteiger charge is -2.35. The van der Waals surface area contributed by atoms with Gasteiger partial charge < -0.3 is 4.74 Å². The van der Waals surface area contributed by atoms with Gasteiger partial charge in [-0.05, 0) is 26.2 Å². The Balaban J connectivity index is 5.50. The molecule has 0 atom stereocenters. The van der Waals surface area contributed by atoms with E-state index in [4.69, 9.17) is 0 Å². The Morgan fingerprint density at radius 2 is 1.37 bits per heavy atom. The minimum Gasteiger partial charge on any atom is -0.466 e. The molecule has 5 nitrogen and oxygen atoms in total. The molecule has 0 unspecified atom stereocenters. The van der Waals surface area contributed by atoms with E-state index in [1.165, 1.54) is 6.92 Å². The van der Waals surface area contributed by atoms with Crippen molar-refractivity contribution in [2.24, 2.45) is 0 Å². The maximum absolute atomic E-state index is 13.9. The Labute approximate surface area is 167 Å². The van der Waals surface area contributed by atoms with Crippen LogP contribution in [0.1, 0.15) is 46.0 Å². The van der Waals surface area contributed by atoms with Crippen LogP contribution in [0.3, 0.4) is 0 Å². The van der Waals surface area contributed by atoms with Crippen molar-refractivity contribution in [2.45, 2.75) is 69.2 Å². The van der Waals surface area contributed by atoms with Crippen molar-refractivity contribution < 1.29 is 57.5 Å². The Hall–Kier alpha value is -1.25. The van der Waals surface area contributed by atoms with Gasteiger partial charge in [0, 0.05) is 19.5 Å². The van der Waals surface area contributed by atoms with Crippen molar-refractivity contribution in [3.05, 3.63) is 0 Å². The molecular weight excluding hydrogens is 461 g/mol. The molecule has 0 aliphatic carbocycles. The smallest absolute Gasteiger partial charge is 0.460 e. The summed E-state index contributed by atoms with van der Waals surface area (Å²) >= 11 is 0. The van der Waals surface area contributed by atoms with E-state index in [0.29, 0.717) is 0 Å². The third-order valence-electron chi connectivity index (χ3n) is 3.85. The van der Waals surface area contributed by atoms with Gasteiger partial charge in [0.05, 0.1) is 6.61 Å². The van der Waals surface area contributed by atoms with Crippen LogP contribution in [-0.2, 0) is 19.6 Å². The van der Waals surface area contributed by atoms with E-state index in [2.05, 4.69) is 4.74 Å². The molecule has 0 fully saturated rings. The number of carbonyl (C=O) groups is 1. The zero-order valence-electron chi connectivity index (χ0n) is 16.0. The highest BCUT2D eigenvalue weighted by Crippen LogP contribution is 2.55. The summed E-state index contributed by atoms with van der Waals surface area (Å²) in [5, 5.41) is -6.74. The monoisotopic (exact) mass is 483 g/mol. The number of esters is 1. The first kappa shape index (κ1) is 28.8. The van der Waals surface area contributed by atoms with Crippen molar-refractivity contribution in [3.8, 4) is 0 Å². The molecule has 0 rings (SSSR count). The molecule has 0 saturated heterocycles. The fraction of sp³-hybridized carbons (Fsp3) is 0.933. The molecule has 0 aromatic carbocycles. The predicted octanol–water partition coefficient (Wildman–Crippen LogP) is 4.58. The van der Waals surface area contributed by atoms with Crippen LogP contribution in [0.2, 0.25) is 0 Å². The van der Waals surface area contributed by atoms with Crippen LogP contribution in [0, 0.1) is 0 Å². The highest BCUT2D eigenvalue weighted by Gasteiger charge is 2.85. The molecule has 0 aromatic heterocycles. The molecular formula is C15H22F9NO4S. The number of ether oxygens (including phenoxy) is 1. The number of nitrogens with zero attached hydrogens (tertiary/aromatic N) is 1. The van der Waals surface area contributed by atoms with Crippen LogP contribution in [-0.4, -0.2) is 61.7 Å². The van der Waals surface area contributed by atoms with Crippen LogP contribution < -0.4 is 0 Å². The Morgan fingerprint density at radius 1 is 0.833 bits per heavy atom. The van der Waals surface area contributed by atoms with Gasteiger partial charge in [0.1, 0.15) is 0 Å². The van der Waals surface area contributed by atoms with Gasteiger partial charge in [-0.15, -0.1) is 0 Å². The normalized spacial score (nSPS) is 14.3. The van der Waals surface area contributed by atoms with Crippen molar-refractivity contribution in [3.63, 3.8) is 0 Å². The summed E-state index contributed by atoms with van der Waals surface area (Å²) in [6.45, 7) is 1.24. The zero-order valence-corrected chi connectivity index (χ0v) is 16.9. The number of alkyl halides is 9. The molecule has 0 amide bonds. The third-order valence-corrected chi connectivity index (χ3v) is 5.80. The van der Waals surface area contributed by atoms with Gasteiger partial charge in [0.15, 0.2) is 0 Å². The maximum Gasteiger partial charge on any atom is 0.460 e. The van der Waals surface area contributed by atoms with Crippen LogP contribution in [0.15, 0.2) is 0 Å². The van der Waals surface area contributed by atoms with E-state index >= 15 is 0 Å². The molecule has 0 heterocycles. The van der Waals surface area contributed by atoms with Crippen LogP contribution in [0.4, 0.5) is 39.5 Å². The minimum atomic E-state index is -7.30. The lowest BCUT2D eigenvalue weighted by atomic mass is 10.1. The van der Waals surface area contributed by atoms with Crippen molar-refractivity contribution >= 4 is 16.0 Å². The van der Waals surface area contributed by atoms with Crippen molar-refractivity contribution in [2.75, 3.05) is 19.7 Å². The number of hydrogen-bond donors (Lipinski definition) is 0. The molecule has 0 saturated carbocycles. The minimum absolute atomic E-state index is 0.0508. The second kappa shape index (κ2) is 10.4. The van der Waals surface area contributed by atoms with Gasteiger partial charge in [-0.25, -0.2) is 8.42 Å². The molecule has 0 N–H and O–H groups in total. The van der Waals surface area contributed by atoms with E-state index in [1.807, 2.05) is 0 Å². The third kappa shape index (κ3) is 5.92. The summed E-state index contributed by atoms with van der Waals surface area (Å²) in [4.78, 5) is 11.1. The zero-order chi connectivity index (χ0) is 24.0. The van der Waals surface area contributed by atoms with E-state index in [9.17, 15) is 52.7 Å². The van der Waals surface area contributed by atoms with Crippen LogP contribution in [0.25, 0.3) is 0 Å². The predicted molar refractivity (Wildman–Crippen MR) is 86.8 cm³/mol. The quantitative estimate of drug-likeness (QED) is 0.219. The summed E-state index contributed by atoms with van der Waals surface area (Å²) < 4.78 is 146. The molecule has 15 heteroatoms. The molecule has 30 heavy (non-hydrogen) atoms. The lowest BCUT2D eigenvalue weighted by Crippen LogP contribution is -2.65. The number of halogens is 9. The summed E-state index contributed by atoms with van der Waals surface area (Å²) in [7, 11) is -6.60. The number of sulfonamides is 1. The average molecular weight is 483 g/mol. The highest BCUT2D eigenvalue weighted by molar-refractivity contribution is 7.90. The summed E-state index contributed by atoms with van der Waals surface area (Å²) in [5.74, 6) is -15.1. The lowest BCUT2D eigenvalue weighted by molar-refractivity contribution is -0.382. The summed E-state index contributed by atoms with van der Waals surface area (Å²) in [5.41, 5.74) is 0. The highest BCUT2D eigenvalue weighted by atomic mass is 32.2. The first-order valence-electron chi connectivity index (χ1n) is 8.77. The molecule has 0 radical (unpaired) electrons. The first-order valence-corrected chi connectivity index (χ1v) is 10.2. The standard InChI is InChI=1S/C15H22F9NO4S/c1-3-9-25(10-7-5-6-8-11(26)29-4-2)30(27,28)15(23,24)13(18,19)12(16,17)14(20,21)22/h3-10H2,1-2H3. The van der Waals surface area contributed by atoms with E-state index in [1.54, 1.807) is 6.92 Å². The topological polar surface area (TPSA) is 63.7 Å². The average Bonchev–Trinajstić information content (AvgIpc) is 2.59. The van der Waals surface area contributed by atoms with Gasteiger partial charge in [0.2, 0.25) is 0 Å². The maximum atomic E-state index is 13.9. The van der Waals surface area contributed by atoms with Gasteiger partial charge in [-0.1, -0.05) is 13.3 Å². The molecule has 0 bridgehead atoms. The van der Waals surface area contributed by atoms with E-state index in [-0.39, 0.29) is 43.0 Å². The molecule has 0 aromatic rings. The van der Waals surface area contributed by atoms with Crippen molar-refractivity contribution in [1.82, 2.24) is 4.31 Å². The Kier molecular flexibility index (Phi) is 9.94. The summed E-state index contributed by atoms with van der Waals surface area (Å²) in [6, 6.07) is 0.